The molecule has 0 radical (unpaired) electrons. The van der Waals surface area contributed by atoms with Gasteiger partial charge in [-0.25, -0.2) is 4.39 Å². The Hall–Kier alpha value is -1.87. The number of nitrogens with one attached hydrogen (secondary N) is 1. The van der Waals surface area contributed by atoms with Crippen LogP contribution in [0.25, 0.3) is 0 Å². The van der Waals surface area contributed by atoms with E-state index in [4.69, 9.17) is 4.74 Å². The molecule has 3 heteroatoms. The van der Waals surface area contributed by atoms with Gasteiger partial charge in [0.15, 0.2) is 11.6 Å². The summed E-state index contributed by atoms with van der Waals surface area (Å²) in [6, 6.07) is 15.3. The summed E-state index contributed by atoms with van der Waals surface area (Å²) in [4.78, 5) is 0. The van der Waals surface area contributed by atoms with E-state index in [0.29, 0.717) is 5.56 Å². The van der Waals surface area contributed by atoms with E-state index in [1.165, 1.54) is 7.11 Å². The standard InChI is InChI=1S/C18H22FNO/c1-18(2,13-9-6-5-7-10-13)17(20-3)14-11-8-12-15(21-4)16(14)19/h5-12,17,20H,1-4H3. The first-order chi connectivity index (χ1) is 10.0. The number of hydrogen-bond acceptors (Lipinski definition) is 2. The van der Waals surface area contributed by atoms with E-state index < -0.39 is 0 Å². The fraction of sp³-hybridized carbons (Fsp3) is 0.333. The van der Waals surface area contributed by atoms with Crippen LogP contribution >= 0.6 is 0 Å². The Morgan fingerprint density at radius 3 is 2.29 bits per heavy atom. The van der Waals surface area contributed by atoms with E-state index in [0.717, 1.165) is 5.56 Å². The number of rotatable bonds is 5. The Balaban J connectivity index is 2.49. The molecule has 2 rings (SSSR count). The zero-order valence-corrected chi connectivity index (χ0v) is 13.0. The molecule has 1 atom stereocenters. The summed E-state index contributed by atoms with van der Waals surface area (Å²) in [7, 11) is 3.34. The molecule has 21 heavy (non-hydrogen) atoms. The highest BCUT2D eigenvalue weighted by Gasteiger charge is 2.33. The second-order valence-corrected chi connectivity index (χ2v) is 5.67. The molecule has 0 aliphatic rings. The molecule has 2 nitrogen and oxygen atoms in total. The fourth-order valence-corrected chi connectivity index (χ4v) is 2.85. The molecule has 0 aliphatic carbocycles. The monoisotopic (exact) mass is 287 g/mol. The molecule has 2 aromatic carbocycles. The molecule has 0 aromatic heterocycles. The van der Waals surface area contributed by atoms with Crippen LogP contribution < -0.4 is 10.1 Å². The second-order valence-electron chi connectivity index (χ2n) is 5.67. The van der Waals surface area contributed by atoms with Gasteiger partial charge < -0.3 is 10.1 Å². The quantitative estimate of drug-likeness (QED) is 0.895. The smallest absolute Gasteiger partial charge is 0.169 e. The Morgan fingerprint density at radius 1 is 1.05 bits per heavy atom. The summed E-state index contributed by atoms with van der Waals surface area (Å²) < 4.78 is 19.7. The predicted octanol–water partition coefficient (Wildman–Crippen LogP) is 4.07. The first kappa shape index (κ1) is 15.5. The van der Waals surface area contributed by atoms with Crippen molar-refractivity contribution in [2.75, 3.05) is 14.2 Å². The molecular weight excluding hydrogens is 265 g/mol. The minimum Gasteiger partial charge on any atom is -0.494 e. The van der Waals surface area contributed by atoms with Crippen molar-refractivity contribution >= 4 is 0 Å². The predicted molar refractivity (Wildman–Crippen MR) is 84.2 cm³/mol. The number of ether oxygens (including phenoxy) is 1. The van der Waals surface area contributed by atoms with Crippen molar-refractivity contribution in [2.45, 2.75) is 25.3 Å². The Kier molecular flexibility index (Phi) is 4.63. The lowest BCUT2D eigenvalue weighted by Gasteiger charge is -2.35. The molecule has 1 N–H and O–H groups in total. The Labute approximate surface area is 126 Å². The average Bonchev–Trinajstić information content (AvgIpc) is 2.50. The highest BCUT2D eigenvalue weighted by atomic mass is 19.1. The minimum atomic E-state index is -0.302. The van der Waals surface area contributed by atoms with Gasteiger partial charge in [0.1, 0.15) is 0 Å². The Bertz CT molecular complexity index is 595. The van der Waals surface area contributed by atoms with E-state index >= 15 is 0 Å². The van der Waals surface area contributed by atoms with Crippen molar-refractivity contribution in [1.29, 1.82) is 0 Å². The third-order valence-electron chi connectivity index (χ3n) is 4.05. The second kappa shape index (κ2) is 6.27. The minimum absolute atomic E-state index is 0.157. The van der Waals surface area contributed by atoms with Crippen molar-refractivity contribution in [3.63, 3.8) is 0 Å². The maximum absolute atomic E-state index is 14.6. The third-order valence-corrected chi connectivity index (χ3v) is 4.05. The number of benzene rings is 2. The molecule has 2 aromatic rings. The molecule has 0 bridgehead atoms. The third kappa shape index (κ3) is 2.93. The van der Waals surface area contributed by atoms with Crippen molar-refractivity contribution in [1.82, 2.24) is 5.32 Å². The highest BCUT2D eigenvalue weighted by Crippen LogP contribution is 2.39. The number of halogens is 1. The first-order valence-corrected chi connectivity index (χ1v) is 7.07. The SMILES string of the molecule is CNC(c1cccc(OC)c1F)C(C)(C)c1ccccc1. The van der Waals surface area contributed by atoms with Crippen LogP contribution in [0, 0.1) is 5.82 Å². The van der Waals surface area contributed by atoms with Crippen molar-refractivity contribution in [3.05, 3.63) is 65.5 Å². The normalized spacial score (nSPS) is 13.0. The molecular formula is C18H22FNO. The maximum Gasteiger partial charge on any atom is 0.169 e. The summed E-state index contributed by atoms with van der Waals surface area (Å²) in [5.41, 5.74) is 1.51. The zero-order chi connectivity index (χ0) is 15.5. The van der Waals surface area contributed by atoms with Gasteiger partial charge in [-0.05, 0) is 18.7 Å². The summed E-state index contributed by atoms with van der Waals surface area (Å²) in [5.74, 6) is -0.0278. The molecule has 0 aliphatic heterocycles. The zero-order valence-electron chi connectivity index (χ0n) is 13.0. The number of hydrogen-bond donors (Lipinski definition) is 1. The molecule has 0 heterocycles. The van der Waals surface area contributed by atoms with Crippen LogP contribution in [-0.2, 0) is 5.41 Å². The van der Waals surface area contributed by atoms with Gasteiger partial charge in [0, 0.05) is 17.0 Å². The fourth-order valence-electron chi connectivity index (χ4n) is 2.85. The van der Waals surface area contributed by atoms with Crippen LogP contribution in [0.3, 0.4) is 0 Å². The van der Waals surface area contributed by atoms with Crippen molar-refractivity contribution < 1.29 is 9.13 Å². The van der Waals surface area contributed by atoms with Crippen LogP contribution in [0.4, 0.5) is 4.39 Å². The highest BCUT2D eigenvalue weighted by molar-refractivity contribution is 5.37. The van der Waals surface area contributed by atoms with Gasteiger partial charge in [0.05, 0.1) is 7.11 Å². The Morgan fingerprint density at radius 2 is 1.71 bits per heavy atom. The van der Waals surface area contributed by atoms with Crippen LogP contribution in [0.15, 0.2) is 48.5 Å². The summed E-state index contributed by atoms with van der Waals surface area (Å²) >= 11 is 0. The first-order valence-electron chi connectivity index (χ1n) is 7.07. The lowest BCUT2D eigenvalue weighted by molar-refractivity contribution is 0.343. The molecule has 0 spiro atoms. The van der Waals surface area contributed by atoms with Crippen LogP contribution in [0.1, 0.15) is 31.0 Å². The van der Waals surface area contributed by atoms with Crippen LogP contribution in [0.2, 0.25) is 0 Å². The van der Waals surface area contributed by atoms with E-state index in [9.17, 15) is 4.39 Å². The van der Waals surface area contributed by atoms with Gasteiger partial charge in [0.25, 0.3) is 0 Å². The van der Waals surface area contributed by atoms with Crippen molar-refractivity contribution in [2.24, 2.45) is 0 Å². The average molecular weight is 287 g/mol. The summed E-state index contributed by atoms with van der Waals surface area (Å²) in [6.45, 7) is 4.23. The lowest BCUT2D eigenvalue weighted by Crippen LogP contribution is -2.36. The van der Waals surface area contributed by atoms with E-state index in [1.807, 2.05) is 37.4 Å². The van der Waals surface area contributed by atoms with Gasteiger partial charge in [-0.3, -0.25) is 0 Å². The van der Waals surface area contributed by atoms with Gasteiger partial charge in [0.2, 0.25) is 0 Å². The molecule has 0 amide bonds. The number of likely N-dealkylation sites (N-methyl/N-ethyl adjacent to an activating group) is 1. The van der Waals surface area contributed by atoms with E-state index in [-0.39, 0.29) is 23.0 Å². The van der Waals surface area contributed by atoms with E-state index in [1.54, 1.807) is 6.07 Å². The maximum atomic E-state index is 14.6. The molecule has 0 saturated heterocycles. The lowest BCUT2D eigenvalue weighted by atomic mass is 9.75. The van der Waals surface area contributed by atoms with Crippen molar-refractivity contribution in [3.8, 4) is 5.75 Å². The van der Waals surface area contributed by atoms with Gasteiger partial charge >= 0.3 is 0 Å². The molecule has 1 unspecified atom stereocenters. The van der Waals surface area contributed by atoms with Crippen LogP contribution in [0.5, 0.6) is 5.75 Å². The van der Waals surface area contributed by atoms with Gasteiger partial charge in [-0.2, -0.15) is 0 Å². The topological polar surface area (TPSA) is 21.3 Å². The largest absolute Gasteiger partial charge is 0.494 e. The summed E-state index contributed by atoms with van der Waals surface area (Å²) in [5, 5.41) is 3.25. The van der Waals surface area contributed by atoms with Gasteiger partial charge in [-0.15, -0.1) is 0 Å². The van der Waals surface area contributed by atoms with Crippen LogP contribution in [-0.4, -0.2) is 14.2 Å². The van der Waals surface area contributed by atoms with E-state index in [2.05, 4.69) is 31.3 Å². The summed E-state index contributed by atoms with van der Waals surface area (Å²) in [6.07, 6.45) is 0. The molecule has 0 saturated carbocycles. The number of methoxy groups -OCH3 is 1. The van der Waals surface area contributed by atoms with Gasteiger partial charge in [-0.1, -0.05) is 56.3 Å². The molecule has 112 valence electrons. The molecule has 0 fully saturated rings.